The van der Waals surface area contributed by atoms with Gasteiger partial charge in [0.05, 0.1) is 6.42 Å². The van der Waals surface area contributed by atoms with Crippen molar-refractivity contribution in [3.8, 4) is 0 Å². The molecule has 2 aromatic heterocycles. The Bertz CT molecular complexity index is 521. The van der Waals surface area contributed by atoms with Gasteiger partial charge in [-0.1, -0.05) is 0 Å². The highest BCUT2D eigenvalue weighted by Gasteiger charge is 2.11. The van der Waals surface area contributed by atoms with Crippen molar-refractivity contribution in [2.45, 2.75) is 13.3 Å². The van der Waals surface area contributed by atoms with Crippen molar-refractivity contribution in [3.05, 3.63) is 39.7 Å². The molecule has 5 nitrogen and oxygen atoms in total. The fraction of sp³-hybridized carbons (Fsp3) is 0.182. The first-order valence-electron chi connectivity index (χ1n) is 4.90. The third kappa shape index (κ3) is 2.59. The Balaban J connectivity index is 2.13. The monoisotopic (exact) mass is 250 g/mol. The number of ketones is 1. The van der Waals surface area contributed by atoms with E-state index in [1.54, 1.807) is 17.5 Å². The van der Waals surface area contributed by atoms with Crippen molar-refractivity contribution in [1.29, 1.82) is 0 Å². The molecule has 2 rings (SSSR count). The summed E-state index contributed by atoms with van der Waals surface area (Å²) in [5.74, 6) is 0.303. The van der Waals surface area contributed by atoms with E-state index < -0.39 is 5.91 Å². The maximum atomic E-state index is 11.0. The summed E-state index contributed by atoms with van der Waals surface area (Å²) in [7, 11) is 0. The average Bonchev–Trinajstić information content (AvgIpc) is 2.87. The van der Waals surface area contributed by atoms with Crippen molar-refractivity contribution >= 4 is 23.0 Å². The summed E-state index contributed by atoms with van der Waals surface area (Å²) in [5.41, 5.74) is 5.35. The summed E-state index contributed by atoms with van der Waals surface area (Å²) in [6.07, 6.45) is 0.450. The van der Waals surface area contributed by atoms with Crippen molar-refractivity contribution in [2.75, 3.05) is 0 Å². The molecule has 2 aromatic rings. The lowest BCUT2D eigenvalue weighted by Gasteiger charge is -1.92. The first-order valence-corrected chi connectivity index (χ1v) is 5.78. The quantitative estimate of drug-likeness (QED) is 0.835. The van der Waals surface area contributed by atoms with Crippen LogP contribution in [0, 0.1) is 0 Å². The van der Waals surface area contributed by atoms with Gasteiger partial charge in [-0.3, -0.25) is 9.59 Å². The van der Waals surface area contributed by atoms with Gasteiger partial charge in [0, 0.05) is 12.3 Å². The fourth-order valence-corrected chi connectivity index (χ4v) is 2.11. The van der Waals surface area contributed by atoms with Crippen LogP contribution < -0.4 is 5.73 Å². The molecule has 0 unspecified atom stereocenters. The number of nitrogens with two attached hydrogens (primary N) is 1. The Morgan fingerprint density at radius 1 is 1.47 bits per heavy atom. The molecule has 1 amide bonds. The molecule has 0 saturated heterocycles. The summed E-state index contributed by atoms with van der Waals surface area (Å²) in [6.45, 7) is 1.44. The first-order chi connectivity index (χ1) is 8.06. The van der Waals surface area contributed by atoms with E-state index in [1.807, 2.05) is 0 Å². The minimum atomic E-state index is -0.545. The SMILES string of the molecule is CC(=O)c1ccc(Cc2nc(C(N)=O)cs2)o1. The first kappa shape index (κ1) is 11.5. The minimum absolute atomic E-state index is 0.117. The molecule has 2 N–H and O–H groups in total. The zero-order valence-corrected chi connectivity index (χ0v) is 9.91. The predicted molar refractivity (Wildman–Crippen MR) is 62.2 cm³/mol. The highest BCUT2D eigenvalue weighted by atomic mass is 32.1. The third-order valence-corrected chi connectivity index (χ3v) is 2.99. The standard InChI is InChI=1S/C11H10N2O3S/c1-6(14)9-3-2-7(16-9)4-10-13-8(5-17-10)11(12)15/h2-3,5H,4H2,1H3,(H2,12,15). The Hall–Kier alpha value is -1.95. The largest absolute Gasteiger partial charge is 0.458 e. The van der Waals surface area contributed by atoms with E-state index in [2.05, 4.69) is 4.98 Å². The van der Waals surface area contributed by atoms with Gasteiger partial charge < -0.3 is 10.2 Å². The molecule has 0 saturated carbocycles. The van der Waals surface area contributed by atoms with E-state index in [0.29, 0.717) is 17.9 Å². The predicted octanol–water partition coefficient (Wildman–Crippen LogP) is 1.63. The number of aromatic nitrogens is 1. The fourth-order valence-electron chi connectivity index (χ4n) is 1.32. The summed E-state index contributed by atoms with van der Waals surface area (Å²) >= 11 is 1.33. The molecule has 2 heterocycles. The van der Waals surface area contributed by atoms with E-state index in [-0.39, 0.29) is 11.5 Å². The van der Waals surface area contributed by atoms with Gasteiger partial charge in [0.15, 0.2) is 11.5 Å². The zero-order chi connectivity index (χ0) is 12.4. The van der Waals surface area contributed by atoms with Gasteiger partial charge in [-0.2, -0.15) is 0 Å². The maximum Gasteiger partial charge on any atom is 0.268 e. The van der Waals surface area contributed by atoms with Gasteiger partial charge in [-0.05, 0) is 12.1 Å². The zero-order valence-electron chi connectivity index (χ0n) is 9.10. The molecule has 0 bridgehead atoms. The summed E-state index contributed by atoms with van der Waals surface area (Å²) < 4.78 is 5.32. The van der Waals surface area contributed by atoms with Crippen LogP contribution >= 0.6 is 11.3 Å². The summed E-state index contributed by atoms with van der Waals surface area (Å²) in [6, 6.07) is 3.35. The molecule has 0 aliphatic rings. The highest BCUT2D eigenvalue weighted by molar-refractivity contribution is 7.09. The van der Waals surface area contributed by atoms with Crippen LogP contribution in [0.4, 0.5) is 0 Å². The van der Waals surface area contributed by atoms with Crippen LogP contribution in [0.3, 0.4) is 0 Å². The lowest BCUT2D eigenvalue weighted by atomic mass is 10.3. The average molecular weight is 250 g/mol. The lowest BCUT2D eigenvalue weighted by molar-refractivity contribution is 0.0982. The van der Waals surface area contributed by atoms with Crippen LogP contribution in [0.2, 0.25) is 0 Å². The maximum absolute atomic E-state index is 11.0. The molecule has 0 aliphatic heterocycles. The van der Waals surface area contributed by atoms with Gasteiger partial charge in [0.1, 0.15) is 16.5 Å². The van der Waals surface area contributed by atoms with Crippen LogP contribution in [0.25, 0.3) is 0 Å². The van der Waals surface area contributed by atoms with Gasteiger partial charge in [-0.15, -0.1) is 11.3 Å². The molecule has 0 aliphatic carbocycles. The van der Waals surface area contributed by atoms with Gasteiger partial charge >= 0.3 is 0 Å². The van der Waals surface area contributed by atoms with Crippen molar-refractivity contribution in [1.82, 2.24) is 4.98 Å². The number of primary amides is 1. The summed E-state index contributed by atoms with van der Waals surface area (Å²) in [5, 5.41) is 2.33. The third-order valence-electron chi connectivity index (χ3n) is 2.14. The van der Waals surface area contributed by atoms with Crippen LogP contribution in [0.15, 0.2) is 21.9 Å². The molecule has 6 heteroatoms. The van der Waals surface area contributed by atoms with Crippen molar-refractivity contribution in [2.24, 2.45) is 5.73 Å². The number of rotatable bonds is 4. The number of amides is 1. The molecule has 0 atom stereocenters. The normalized spacial score (nSPS) is 10.4. The van der Waals surface area contributed by atoms with Crippen LogP contribution in [0.1, 0.15) is 38.7 Å². The number of hydrogen-bond donors (Lipinski definition) is 1. The topological polar surface area (TPSA) is 86.2 Å². The van der Waals surface area contributed by atoms with Crippen molar-refractivity contribution < 1.29 is 14.0 Å². The number of hydrogen-bond acceptors (Lipinski definition) is 5. The lowest BCUT2D eigenvalue weighted by Crippen LogP contribution is -2.11. The Morgan fingerprint density at radius 3 is 2.76 bits per heavy atom. The Kier molecular flexibility index (Phi) is 3.06. The van der Waals surface area contributed by atoms with E-state index in [0.717, 1.165) is 5.01 Å². The Morgan fingerprint density at radius 2 is 2.24 bits per heavy atom. The second-order valence-corrected chi connectivity index (χ2v) is 4.43. The molecular formula is C11H10N2O3S. The van der Waals surface area contributed by atoms with E-state index in [1.165, 1.54) is 18.3 Å². The van der Waals surface area contributed by atoms with Crippen LogP contribution in [-0.2, 0) is 6.42 Å². The number of carbonyl (C=O) groups excluding carboxylic acids is 2. The minimum Gasteiger partial charge on any atom is -0.458 e. The molecule has 17 heavy (non-hydrogen) atoms. The highest BCUT2D eigenvalue weighted by Crippen LogP contribution is 2.17. The van der Waals surface area contributed by atoms with E-state index in [9.17, 15) is 9.59 Å². The smallest absolute Gasteiger partial charge is 0.268 e. The molecule has 0 radical (unpaired) electrons. The number of nitrogens with zero attached hydrogens (tertiary/aromatic N) is 1. The van der Waals surface area contributed by atoms with Gasteiger partial charge in [-0.25, -0.2) is 4.98 Å². The van der Waals surface area contributed by atoms with Crippen LogP contribution in [-0.4, -0.2) is 16.7 Å². The second-order valence-electron chi connectivity index (χ2n) is 3.49. The van der Waals surface area contributed by atoms with Crippen molar-refractivity contribution in [3.63, 3.8) is 0 Å². The number of Topliss-reactive ketones (excluding diaryl/α,β-unsaturated/α-hetero) is 1. The Labute approximate surface area is 101 Å². The molecule has 88 valence electrons. The number of carbonyl (C=O) groups is 2. The van der Waals surface area contributed by atoms with E-state index in [4.69, 9.17) is 10.2 Å². The van der Waals surface area contributed by atoms with E-state index >= 15 is 0 Å². The molecular weight excluding hydrogens is 240 g/mol. The second kappa shape index (κ2) is 4.50. The molecule has 0 aromatic carbocycles. The number of furan rings is 1. The van der Waals surface area contributed by atoms with Gasteiger partial charge in [0.2, 0.25) is 0 Å². The number of thiazole rings is 1. The molecule has 0 spiro atoms. The van der Waals surface area contributed by atoms with Crippen LogP contribution in [0.5, 0.6) is 0 Å². The van der Waals surface area contributed by atoms with Gasteiger partial charge in [0.25, 0.3) is 5.91 Å². The molecule has 0 fully saturated rings. The summed E-state index contributed by atoms with van der Waals surface area (Å²) in [4.78, 5) is 26.0.